The molecule has 1 fully saturated rings. The molecule has 0 unspecified atom stereocenters. The Morgan fingerprint density at radius 3 is 2.53 bits per heavy atom. The lowest BCUT2D eigenvalue weighted by molar-refractivity contribution is 0.0785. The van der Waals surface area contributed by atoms with Crippen molar-refractivity contribution in [3.05, 3.63) is 28.8 Å². The normalized spacial score (nSPS) is 16.8. The summed E-state index contributed by atoms with van der Waals surface area (Å²) in [5, 5.41) is 11.3. The average molecular weight is 243 g/mol. The molecule has 1 nitrogen and oxygen atoms in total. The molecule has 1 N–H and O–H groups in total. The molecule has 0 heterocycles. The van der Waals surface area contributed by atoms with E-state index in [-0.39, 0.29) is 0 Å². The second kappa shape index (κ2) is 4.00. The minimum absolute atomic E-state index is 0.756. The summed E-state index contributed by atoms with van der Waals surface area (Å²) in [7, 11) is 0. The van der Waals surface area contributed by atoms with Crippen LogP contribution in [0.4, 0.5) is 0 Å². The summed E-state index contributed by atoms with van der Waals surface area (Å²) in [5.41, 5.74) is 0.0551. The van der Waals surface area contributed by atoms with Crippen LogP contribution in [0.3, 0.4) is 0 Å². The molecule has 0 amide bonds. The number of benzene rings is 1. The molecule has 0 atom stereocenters. The Bertz CT molecular complexity index is 366. The highest BCUT2D eigenvalue weighted by Gasteiger charge is 2.24. The van der Waals surface area contributed by atoms with Crippen LogP contribution in [0, 0.1) is 0 Å². The van der Waals surface area contributed by atoms with E-state index in [0.29, 0.717) is 0 Å². The SMILES string of the molecule is CC(C)(O)c1ccc(SC2CC2)c(Cl)c1. The van der Waals surface area contributed by atoms with Gasteiger partial charge in [0.25, 0.3) is 0 Å². The van der Waals surface area contributed by atoms with Crippen molar-refractivity contribution in [3.63, 3.8) is 0 Å². The molecule has 0 spiro atoms. The van der Waals surface area contributed by atoms with E-state index in [1.165, 1.54) is 12.8 Å². The van der Waals surface area contributed by atoms with Crippen molar-refractivity contribution in [3.8, 4) is 0 Å². The number of rotatable bonds is 3. The van der Waals surface area contributed by atoms with E-state index < -0.39 is 5.60 Å². The van der Waals surface area contributed by atoms with Gasteiger partial charge in [-0.2, -0.15) is 0 Å². The Kier molecular flexibility index (Phi) is 3.02. The minimum atomic E-state index is -0.813. The van der Waals surface area contributed by atoms with Crippen LogP contribution in [0.25, 0.3) is 0 Å². The maximum absolute atomic E-state index is 9.83. The van der Waals surface area contributed by atoms with Gasteiger partial charge in [-0.25, -0.2) is 0 Å². The highest BCUT2D eigenvalue weighted by Crippen LogP contribution is 2.42. The van der Waals surface area contributed by atoms with Gasteiger partial charge >= 0.3 is 0 Å². The Morgan fingerprint density at radius 1 is 1.40 bits per heavy atom. The molecule has 1 aliphatic rings. The van der Waals surface area contributed by atoms with Crippen LogP contribution in [0.15, 0.2) is 23.1 Å². The topological polar surface area (TPSA) is 20.2 Å². The monoisotopic (exact) mass is 242 g/mol. The third kappa shape index (κ3) is 2.90. The fraction of sp³-hybridized carbons (Fsp3) is 0.500. The van der Waals surface area contributed by atoms with E-state index in [1.54, 1.807) is 13.8 Å². The van der Waals surface area contributed by atoms with Crippen molar-refractivity contribution in [2.75, 3.05) is 0 Å². The molecule has 0 saturated heterocycles. The van der Waals surface area contributed by atoms with Crippen molar-refractivity contribution in [2.24, 2.45) is 0 Å². The van der Waals surface area contributed by atoms with Crippen LogP contribution in [0.1, 0.15) is 32.3 Å². The summed E-state index contributed by atoms with van der Waals surface area (Å²) < 4.78 is 0. The van der Waals surface area contributed by atoms with Gasteiger partial charge in [-0.1, -0.05) is 17.7 Å². The van der Waals surface area contributed by atoms with Crippen molar-refractivity contribution in [2.45, 2.75) is 42.4 Å². The maximum atomic E-state index is 9.83. The van der Waals surface area contributed by atoms with E-state index in [1.807, 2.05) is 30.0 Å². The fourth-order valence-corrected chi connectivity index (χ4v) is 2.71. The molecule has 0 bridgehead atoms. The van der Waals surface area contributed by atoms with Gasteiger partial charge in [0, 0.05) is 10.1 Å². The molecule has 82 valence electrons. The summed E-state index contributed by atoms with van der Waals surface area (Å²) >= 11 is 8.02. The molecule has 2 rings (SSSR count). The molecule has 0 radical (unpaired) electrons. The van der Waals surface area contributed by atoms with E-state index >= 15 is 0 Å². The second-order valence-corrected chi connectivity index (χ2v) is 6.27. The molecule has 0 aromatic heterocycles. The number of aliphatic hydroxyl groups is 1. The van der Waals surface area contributed by atoms with Gasteiger partial charge in [0.05, 0.1) is 10.6 Å². The van der Waals surface area contributed by atoms with Crippen molar-refractivity contribution < 1.29 is 5.11 Å². The van der Waals surface area contributed by atoms with Gasteiger partial charge < -0.3 is 5.11 Å². The van der Waals surface area contributed by atoms with E-state index in [2.05, 4.69) is 0 Å². The minimum Gasteiger partial charge on any atom is -0.386 e. The first-order valence-corrected chi connectivity index (χ1v) is 6.41. The Labute approximate surface area is 99.8 Å². The van der Waals surface area contributed by atoms with Crippen molar-refractivity contribution in [1.29, 1.82) is 0 Å². The fourth-order valence-electron chi connectivity index (χ4n) is 1.34. The molecule has 1 aromatic rings. The lowest BCUT2D eigenvalue weighted by Gasteiger charge is -2.18. The van der Waals surface area contributed by atoms with Gasteiger partial charge in [-0.05, 0) is 44.4 Å². The van der Waals surface area contributed by atoms with Gasteiger partial charge in [0.15, 0.2) is 0 Å². The molecule has 15 heavy (non-hydrogen) atoms. The van der Waals surface area contributed by atoms with Crippen molar-refractivity contribution in [1.82, 2.24) is 0 Å². The Balaban J connectivity index is 2.21. The van der Waals surface area contributed by atoms with E-state index in [0.717, 1.165) is 20.7 Å². The third-order valence-electron chi connectivity index (χ3n) is 2.46. The van der Waals surface area contributed by atoms with E-state index in [4.69, 9.17) is 11.6 Å². The summed E-state index contributed by atoms with van der Waals surface area (Å²) in [6.45, 7) is 3.54. The lowest BCUT2D eigenvalue weighted by atomic mass is 9.99. The first kappa shape index (κ1) is 11.3. The third-order valence-corrected chi connectivity index (χ3v) is 4.30. The summed E-state index contributed by atoms with van der Waals surface area (Å²) in [6.07, 6.45) is 2.60. The van der Waals surface area contributed by atoms with Crippen LogP contribution in [-0.2, 0) is 5.60 Å². The van der Waals surface area contributed by atoms with Crippen LogP contribution in [0.2, 0.25) is 5.02 Å². The van der Waals surface area contributed by atoms with Crippen LogP contribution >= 0.6 is 23.4 Å². The van der Waals surface area contributed by atoms with Gasteiger partial charge in [0.1, 0.15) is 0 Å². The largest absolute Gasteiger partial charge is 0.386 e. The number of hydrogen-bond acceptors (Lipinski definition) is 2. The molecular formula is C12H15ClOS. The van der Waals surface area contributed by atoms with Crippen LogP contribution < -0.4 is 0 Å². The maximum Gasteiger partial charge on any atom is 0.0841 e. The molecule has 0 aliphatic heterocycles. The molecule has 1 saturated carbocycles. The first-order valence-electron chi connectivity index (χ1n) is 5.16. The quantitative estimate of drug-likeness (QED) is 0.870. The number of thioether (sulfide) groups is 1. The number of hydrogen-bond donors (Lipinski definition) is 1. The summed E-state index contributed by atoms with van der Waals surface area (Å²) in [5.74, 6) is 0. The second-order valence-electron chi connectivity index (χ2n) is 4.52. The zero-order valence-corrected chi connectivity index (χ0v) is 10.5. The van der Waals surface area contributed by atoms with Gasteiger partial charge in [-0.3, -0.25) is 0 Å². The molecule has 1 aromatic carbocycles. The predicted molar refractivity (Wildman–Crippen MR) is 65.6 cm³/mol. The zero-order valence-electron chi connectivity index (χ0n) is 8.96. The summed E-state index contributed by atoms with van der Waals surface area (Å²) in [6, 6.07) is 5.83. The van der Waals surface area contributed by atoms with Crippen molar-refractivity contribution >= 4 is 23.4 Å². The van der Waals surface area contributed by atoms with Crippen LogP contribution in [-0.4, -0.2) is 10.4 Å². The van der Waals surface area contributed by atoms with Crippen LogP contribution in [0.5, 0.6) is 0 Å². The molecular weight excluding hydrogens is 228 g/mol. The zero-order chi connectivity index (χ0) is 11.1. The standard InChI is InChI=1S/C12H15ClOS/c1-12(2,14)8-3-6-11(10(13)7-8)15-9-4-5-9/h3,6-7,9,14H,4-5H2,1-2H3. The van der Waals surface area contributed by atoms with Gasteiger partial charge in [-0.15, -0.1) is 11.8 Å². The Hall–Kier alpha value is -0.180. The lowest BCUT2D eigenvalue weighted by Crippen LogP contribution is -2.15. The van der Waals surface area contributed by atoms with E-state index in [9.17, 15) is 5.11 Å². The van der Waals surface area contributed by atoms with Gasteiger partial charge in [0.2, 0.25) is 0 Å². The smallest absolute Gasteiger partial charge is 0.0841 e. The molecule has 1 aliphatic carbocycles. The number of halogens is 1. The summed E-state index contributed by atoms with van der Waals surface area (Å²) in [4.78, 5) is 1.13. The highest BCUT2D eigenvalue weighted by molar-refractivity contribution is 8.00. The predicted octanol–water partition coefficient (Wildman–Crippen LogP) is 3.82. The first-order chi connectivity index (χ1) is 6.97. The highest BCUT2D eigenvalue weighted by atomic mass is 35.5. The molecule has 3 heteroatoms. The average Bonchev–Trinajstić information content (AvgIpc) is 2.90. The Morgan fingerprint density at radius 2 is 2.07 bits per heavy atom.